The zero-order valence-electron chi connectivity index (χ0n) is 10.0. The molecule has 1 fully saturated rings. The summed E-state index contributed by atoms with van der Waals surface area (Å²) >= 11 is 0. The maximum atomic E-state index is 5.27. The summed E-state index contributed by atoms with van der Waals surface area (Å²) in [6.45, 7) is 4.79. The molecule has 0 atom stereocenters. The van der Waals surface area contributed by atoms with Gasteiger partial charge in [-0.2, -0.15) is 4.98 Å². The molecule has 0 bridgehead atoms. The van der Waals surface area contributed by atoms with Gasteiger partial charge in [-0.05, 0) is 12.1 Å². The minimum atomic E-state index is 0.605. The second kappa shape index (κ2) is 5.24. The first-order valence-electron chi connectivity index (χ1n) is 6.08. The topological polar surface area (TPSA) is 67.1 Å². The van der Waals surface area contributed by atoms with Crippen molar-refractivity contribution < 1.29 is 4.52 Å². The van der Waals surface area contributed by atoms with Crippen LogP contribution in [0, 0.1) is 0 Å². The Balaban J connectivity index is 1.69. The number of hydrogen-bond acceptors (Lipinski definition) is 6. The molecular formula is C12H15N5O. The monoisotopic (exact) mass is 245 g/mol. The van der Waals surface area contributed by atoms with Crippen molar-refractivity contribution in [2.45, 2.75) is 6.54 Å². The summed E-state index contributed by atoms with van der Waals surface area (Å²) in [6, 6.07) is 3.79. The molecule has 6 nitrogen and oxygen atoms in total. The first-order chi connectivity index (χ1) is 8.92. The van der Waals surface area contributed by atoms with Crippen molar-refractivity contribution in [3.8, 4) is 11.4 Å². The average molecular weight is 245 g/mol. The molecule has 18 heavy (non-hydrogen) atoms. The number of hydrogen-bond donors (Lipinski definition) is 1. The highest BCUT2D eigenvalue weighted by Gasteiger charge is 2.14. The lowest BCUT2D eigenvalue weighted by Gasteiger charge is -2.25. The number of nitrogens with one attached hydrogen (secondary N) is 1. The van der Waals surface area contributed by atoms with Crippen molar-refractivity contribution in [2.24, 2.45) is 0 Å². The number of rotatable bonds is 3. The predicted octanol–water partition coefficient (Wildman–Crippen LogP) is 0.537. The summed E-state index contributed by atoms with van der Waals surface area (Å²) in [5.74, 6) is 1.27. The maximum absolute atomic E-state index is 5.27. The molecular weight excluding hydrogens is 230 g/mol. The van der Waals surface area contributed by atoms with E-state index in [0.717, 1.165) is 38.3 Å². The third kappa shape index (κ3) is 2.55. The van der Waals surface area contributed by atoms with E-state index in [0.29, 0.717) is 11.7 Å². The van der Waals surface area contributed by atoms with Crippen molar-refractivity contribution in [2.75, 3.05) is 26.2 Å². The van der Waals surface area contributed by atoms with E-state index in [4.69, 9.17) is 4.52 Å². The van der Waals surface area contributed by atoms with Gasteiger partial charge in [0.1, 0.15) is 0 Å². The smallest absolute Gasteiger partial charge is 0.241 e. The molecule has 0 spiro atoms. The molecule has 1 aliphatic rings. The van der Waals surface area contributed by atoms with E-state index in [1.807, 2.05) is 12.1 Å². The van der Waals surface area contributed by atoms with Crippen molar-refractivity contribution in [1.29, 1.82) is 0 Å². The maximum Gasteiger partial charge on any atom is 0.241 e. The van der Waals surface area contributed by atoms with Crippen LogP contribution in [0.2, 0.25) is 0 Å². The van der Waals surface area contributed by atoms with Crippen LogP contribution in [0.4, 0.5) is 0 Å². The minimum Gasteiger partial charge on any atom is -0.338 e. The number of piperazine rings is 1. The Morgan fingerprint density at radius 1 is 1.33 bits per heavy atom. The fourth-order valence-corrected chi connectivity index (χ4v) is 1.99. The first kappa shape index (κ1) is 11.3. The number of aromatic nitrogens is 3. The van der Waals surface area contributed by atoms with Gasteiger partial charge in [0.15, 0.2) is 0 Å². The van der Waals surface area contributed by atoms with Crippen LogP contribution >= 0.6 is 0 Å². The highest BCUT2D eigenvalue weighted by atomic mass is 16.5. The summed E-state index contributed by atoms with van der Waals surface area (Å²) in [5, 5.41) is 7.30. The van der Waals surface area contributed by atoms with Crippen LogP contribution in [0.5, 0.6) is 0 Å². The predicted molar refractivity (Wildman–Crippen MR) is 65.7 cm³/mol. The molecule has 1 aliphatic heterocycles. The SMILES string of the molecule is c1cncc(-c2noc(CN3CCNCC3)n2)c1. The zero-order valence-corrected chi connectivity index (χ0v) is 10.0. The van der Waals surface area contributed by atoms with Crippen molar-refractivity contribution in [1.82, 2.24) is 25.3 Å². The Hall–Kier alpha value is -1.79. The number of pyridine rings is 1. The molecule has 94 valence electrons. The van der Waals surface area contributed by atoms with Crippen LogP contribution in [-0.2, 0) is 6.54 Å². The molecule has 1 N–H and O–H groups in total. The first-order valence-corrected chi connectivity index (χ1v) is 6.08. The molecule has 2 aromatic rings. The van der Waals surface area contributed by atoms with Gasteiger partial charge in [0.2, 0.25) is 11.7 Å². The molecule has 0 unspecified atom stereocenters. The Morgan fingerprint density at radius 3 is 3.00 bits per heavy atom. The molecule has 0 radical (unpaired) electrons. The van der Waals surface area contributed by atoms with Gasteiger partial charge in [0.05, 0.1) is 6.54 Å². The van der Waals surface area contributed by atoms with E-state index in [1.54, 1.807) is 12.4 Å². The van der Waals surface area contributed by atoms with Crippen LogP contribution in [0.1, 0.15) is 5.89 Å². The normalized spacial score (nSPS) is 16.9. The highest BCUT2D eigenvalue weighted by Crippen LogP contribution is 2.14. The Kier molecular flexibility index (Phi) is 3.29. The van der Waals surface area contributed by atoms with Gasteiger partial charge in [-0.3, -0.25) is 9.88 Å². The summed E-state index contributed by atoms with van der Waals surface area (Å²) in [7, 11) is 0. The second-order valence-corrected chi connectivity index (χ2v) is 4.28. The van der Waals surface area contributed by atoms with E-state index >= 15 is 0 Å². The molecule has 2 aromatic heterocycles. The molecule has 0 aromatic carbocycles. The van der Waals surface area contributed by atoms with E-state index in [1.165, 1.54) is 0 Å². The van der Waals surface area contributed by atoms with Gasteiger partial charge >= 0.3 is 0 Å². The van der Waals surface area contributed by atoms with E-state index < -0.39 is 0 Å². The molecule has 6 heteroatoms. The lowest BCUT2D eigenvalue weighted by atomic mass is 10.3. The van der Waals surface area contributed by atoms with Crippen molar-refractivity contribution in [3.05, 3.63) is 30.4 Å². The molecule has 3 rings (SSSR count). The van der Waals surface area contributed by atoms with Crippen LogP contribution in [0.15, 0.2) is 29.0 Å². The molecule has 0 saturated carbocycles. The van der Waals surface area contributed by atoms with Gasteiger partial charge in [0.25, 0.3) is 0 Å². The van der Waals surface area contributed by atoms with E-state index in [-0.39, 0.29) is 0 Å². The Morgan fingerprint density at radius 2 is 2.22 bits per heavy atom. The third-order valence-corrected chi connectivity index (χ3v) is 2.96. The van der Waals surface area contributed by atoms with Gasteiger partial charge in [-0.25, -0.2) is 0 Å². The average Bonchev–Trinajstić information content (AvgIpc) is 2.89. The second-order valence-electron chi connectivity index (χ2n) is 4.28. The quantitative estimate of drug-likeness (QED) is 0.851. The van der Waals surface area contributed by atoms with Crippen LogP contribution in [0.3, 0.4) is 0 Å². The van der Waals surface area contributed by atoms with Gasteiger partial charge in [0, 0.05) is 44.1 Å². The highest BCUT2D eigenvalue weighted by molar-refractivity contribution is 5.51. The van der Waals surface area contributed by atoms with Gasteiger partial charge in [-0.1, -0.05) is 5.16 Å². The Bertz CT molecular complexity index is 492. The largest absolute Gasteiger partial charge is 0.338 e. The van der Waals surface area contributed by atoms with Crippen LogP contribution in [-0.4, -0.2) is 46.2 Å². The zero-order chi connectivity index (χ0) is 12.2. The molecule has 0 amide bonds. The molecule has 0 aliphatic carbocycles. The van der Waals surface area contributed by atoms with Crippen LogP contribution < -0.4 is 5.32 Å². The standard InChI is InChI=1S/C12H15N5O/c1-2-10(8-14-3-1)12-15-11(18-16-12)9-17-6-4-13-5-7-17/h1-3,8,13H,4-7,9H2. The van der Waals surface area contributed by atoms with E-state index in [9.17, 15) is 0 Å². The molecule has 3 heterocycles. The lowest BCUT2D eigenvalue weighted by Crippen LogP contribution is -2.42. The third-order valence-electron chi connectivity index (χ3n) is 2.96. The van der Waals surface area contributed by atoms with Crippen molar-refractivity contribution in [3.63, 3.8) is 0 Å². The Labute approximate surface area is 105 Å². The summed E-state index contributed by atoms with van der Waals surface area (Å²) in [4.78, 5) is 10.7. The van der Waals surface area contributed by atoms with Gasteiger partial charge < -0.3 is 9.84 Å². The summed E-state index contributed by atoms with van der Waals surface area (Å²) in [6.07, 6.45) is 3.46. The fourth-order valence-electron chi connectivity index (χ4n) is 1.99. The summed E-state index contributed by atoms with van der Waals surface area (Å²) in [5.41, 5.74) is 0.882. The number of nitrogens with zero attached hydrogens (tertiary/aromatic N) is 4. The van der Waals surface area contributed by atoms with Gasteiger partial charge in [-0.15, -0.1) is 0 Å². The lowest BCUT2D eigenvalue weighted by molar-refractivity contribution is 0.203. The fraction of sp³-hybridized carbons (Fsp3) is 0.417. The summed E-state index contributed by atoms with van der Waals surface area (Å²) < 4.78 is 5.27. The van der Waals surface area contributed by atoms with Crippen LogP contribution in [0.25, 0.3) is 11.4 Å². The van der Waals surface area contributed by atoms with E-state index in [2.05, 4.69) is 25.3 Å². The minimum absolute atomic E-state index is 0.605. The van der Waals surface area contributed by atoms with Crippen molar-refractivity contribution >= 4 is 0 Å². The molecule has 1 saturated heterocycles.